The molecule has 5 heterocycles. The molecule has 0 unspecified atom stereocenters. The van der Waals surface area contributed by atoms with E-state index in [-0.39, 0.29) is 68.1 Å². The predicted octanol–water partition coefficient (Wildman–Crippen LogP) is 11.2. The quantitative estimate of drug-likeness (QED) is 0.0787. The molecule has 286 valence electrons. The molecule has 57 heavy (non-hydrogen) atoms. The number of nitrogens with one attached hydrogen (secondary N) is 2. The summed E-state index contributed by atoms with van der Waals surface area (Å²) in [5, 5.41) is 0. The topological polar surface area (TPSA) is 83.7 Å². The number of H-pyrrole nitrogens is 2. The summed E-state index contributed by atoms with van der Waals surface area (Å²) in [7, 11) is 0. The summed E-state index contributed by atoms with van der Waals surface area (Å²) < 4.78 is 155. The Morgan fingerprint density at radius 1 is 0.526 bits per heavy atom. The molecule has 0 spiro atoms. The van der Waals surface area contributed by atoms with Crippen molar-refractivity contribution < 1.29 is 53.4 Å². The van der Waals surface area contributed by atoms with Crippen molar-refractivity contribution in [3.8, 4) is 33.4 Å². The van der Waals surface area contributed by atoms with Crippen LogP contribution in [0.3, 0.4) is 0 Å². The molecule has 0 fully saturated rings. The molecular weight excluding hydrogens is 770 g/mol. The van der Waals surface area contributed by atoms with E-state index in [4.69, 9.17) is 4.74 Å². The largest absolute Gasteiger partial charge is 0.462 e. The van der Waals surface area contributed by atoms with Gasteiger partial charge in [0.2, 0.25) is 11.6 Å². The van der Waals surface area contributed by atoms with E-state index in [9.17, 15) is 31.1 Å². The number of aromatic amines is 2. The smallest absolute Gasteiger partial charge is 0.338 e. The zero-order chi connectivity index (χ0) is 40.4. The molecule has 0 atom stereocenters. The van der Waals surface area contributed by atoms with Gasteiger partial charge in [0.1, 0.15) is 0 Å². The monoisotopic (exact) mass is 790 g/mol. The first kappa shape index (κ1) is 37.0. The Morgan fingerprint density at radius 3 is 1.58 bits per heavy atom. The lowest BCUT2D eigenvalue weighted by Crippen LogP contribution is -2.05. The highest BCUT2D eigenvalue weighted by atomic mass is 19.2. The van der Waals surface area contributed by atoms with Crippen LogP contribution in [0.15, 0.2) is 54.6 Å². The molecule has 6 nitrogen and oxygen atoms in total. The normalized spacial score (nSPS) is 12.1. The number of halogens is 10. The third-order valence-electron chi connectivity index (χ3n) is 9.16. The van der Waals surface area contributed by atoms with Crippen LogP contribution in [0.5, 0.6) is 0 Å². The first-order valence-electron chi connectivity index (χ1n) is 16.7. The highest BCUT2D eigenvalue weighted by Crippen LogP contribution is 2.41. The number of hydrogen-bond donors (Lipinski definition) is 2. The summed E-state index contributed by atoms with van der Waals surface area (Å²) >= 11 is 0. The zero-order valence-electron chi connectivity index (χ0n) is 28.7. The van der Waals surface area contributed by atoms with E-state index in [1.165, 1.54) is 78.9 Å². The maximum atomic E-state index is 15.5. The average Bonchev–Trinajstić information content (AvgIpc) is 4.05. The Hall–Kier alpha value is -6.97. The summed E-state index contributed by atoms with van der Waals surface area (Å²) in [5.41, 5.74) is -4.00. The van der Waals surface area contributed by atoms with E-state index in [0.717, 1.165) is 0 Å². The van der Waals surface area contributed by atoms with Gasteiger partial charge in [-0.1, -0.05) is 12.1 Å². The van der Waals surface area contributed by atoms with Gasteiger partial charge in [-0.3, -0.25) is 0 Å². The van der Waals surface area contributed by atoms with Crippen LogP contribution >= 0.6 is 0 Å². The summed E-state index contributed by atoms with van der Waals surface area (Å²) in [5.74, 6) is -22.8. The molecule has 0 aliphatic carbocycles. The van der Waals surface area contributed by atoms with Gasteiger partial charge in [0.05, 0.1) is 46.1 Å². The number of hydrogen-bond acceptors (Lipinski definition) is 4. The van der Waals surface area contributed by atoms with Crippen LogP contribution in [-0.4, -0.2) is 32.5 Å². The predicted molar refractivity (Wildman–Crippen MR) is 191 cm³/mol. The number of carbonyl (C=O) groups is 1. The van der Waals surface area contributed by atoms with E-state index >= 15 is 17.6 Å². The lowest BCUT2D eigenvalue weighted by atomic mass is 10.0. The third kappa shape index (κ3) is 6.04. The molecule has 0 amide bonds. The lowest BCUT2D eigenvalue weighted by Gasteiger charge is -2.10. The van der Waals surface area contributed by atoms with Crippen molar-refractivity contribution in [2.24, 2.45) is 0 Å². The van der Waals surface area contributed by atoms with Gasteiger partial charge in [0.15, 0.2) is 46.5 Å². The maximum absolute atomic E-state index is 15.5. The first-order valence-corrected chi connectivity index (χ1v) is 16.7. The third-order valence-corrected chi connectivity index (χ3v) is 9.16. The molecule has 0 saturated carbocycles. The molecule has 3 aromatic carbocycles. The molecule has 2 aliphatic heterocycles. The summed E-state index contributed by atoms with van der Waals surface area (Å²) in [6, 6.07) is 12.4. The maximum Gasteiger partial charge on any atom is 0.338 e. The van der Waals surface area contributed by atoms with Crippen molar-refractivity contribution in [3.63, 3.8) is 0 Å². The second-order valence-electron chi connectivity index (χ2n) is 12.5. The van der Waals surface area contributed by atoms with Gasteiger partial charge in [-0.15, -0.1) is 0 Å². The minimum absolute atomic E-state index is 0.0235. The second-order valence-corrected chi connectivity index (χ2v) is 12.5. The molecule has 0 radical (unpaired) electrons. The molecule has 16 heteroatoms. The van der Waals surface area contributed by atoms with Crippen molar-refractivity contribution in [1.29, 1.82) is 0 Å². The number of esters is 1. The first-order chi connectivity index (χ1) is 27.3. The van der Waals surface area contributed by atoms with Crippen molar-refractivity contribution >= 4 is 52.3 Å². The van der Waals surface area contributed by atoms with E-state index in [1.807, 2.05) is 0 Å². The number of benzene rings is 3. The molecule has 8 rings (SSSR count). The van der Waals surface area contributed by atoms with Gasteiger partial charge >= 0.3 is 5.97 Å². The van der Waals surface area contributed by atoms with Crippen LogP contribution in [0.4, 0.5) is 43.9 Å². The fourth-order valence-corrected chi connectivity index (χ4v) is 6.63. The van der Waals surface area contributed by atoms with Crippen LogP contribution in [-0.2, 0) is 4.74 Å². The molecule has 2 aliphatic rings. The van der Waals surface area contributed by atoms with Crippen molar-refractivity contribution in [2.75, 3.05) is 6.61 Å². The van der Waals surface area contributed by atoms with Crippen LogP contribution in [0, 0.1) is 58.2 Å². The standard InChI is InChI=1S/C41H20F10N4O2/c1-2-57-41(56)17-5-3-4-16(14-17)26-20-10-12-24(54-20)27(29-31(42)35(46)39(50)36(47)32(29)43)22-8-6-18(52-22)15-19-7-9-23(53-19)28(25-13-11-21(26)55-25)30-33(44)37(48)40(51)38(49)34(30)45/h3-15,52,55H,2H2,1H3. The van der Waals surface area contributed by atoms with Crippen molar-refractivity contribution in [3.05, 3.63) is 141 Å². The van der Waals surface area contributed by atoms with Gasteiger partial charge in [-0.2, -0.15) is 0 Å². The van der Waals surface area contributed by atoms with Crippen LogP contribution in [0.2, 0.25) is 0 Å². The second kappa shape index (κ2) is 14.0. The Morgan fingerprint density at radius 2 is 1.00 bits per heavy atom. The molecule has 8 bridgehead atoms. The van der Waals surface area contributed by atoms with Gasteiger partial charge in [-0.25, -0.2) is 58.7 Å². The highest BCUT2D eigenvalue weighted by molar-refractivity contribution is 5.99. The van der Waals surface area contributed by atoms with Crippen molar-refractivity contribution in [1.82, 2.24) is 19.9 Å². The van der Waals surface area contributed by atoms with Crippen LogP contribution in [0.1, 0.15) is 40.1 Å². The average molecular weight is 791 g/mol. The van der Waals surface area contributed by atoms with Crippen molar-refractivity contribution in [2.45, 2.75) is 6.92 Å². The molecule has 6 aromatic rings. The Labute approximate surface area is 313 Å². The molecule has 3 aromatic heterocycles. The number of fused-ring (bicyclic) bond motifs is 8. The molecule has 2 N–H and O–H groups in total. The Bertz CT molecular complexity index is 2840. The zero-order valence-corrected chi connectivity index (χ0v) is 28.7. The fraction of sp³-hybridized carbons (Fsp3) is 0.0488. The lowest BCUT2D eigenvalue weighted by molar-refractivity contribution is 0.0526. The Kier molecular flexibility index (Phi) is 9.05. The number of carbonyl (C=O) groups excluding carboxylic acids is 1. The summed E-state index contributed by atoms with van der Waals surface area (Å²) in [6.45, 7) is 1.61. The summed E-state index contributed by atoms with van der Waals surface area (Å²) in [6.07, 6.45) is 5.15. The number of ether oxygens (including phenoxy) is 1. The SMILES string of the molecule is CCOC(=O)c1cccc(-c2c3nc(c(-c4c(F)c(F)c(F)c(F)c4F)c4ccc(cc5nc(c(-c6c(F)c(F)c(F)c(F)c6F)c6ccc2[nH]6)C=C5)[nH]4)C=C3)c1. The number of aromatic nitrogens is 4. The van der Waals surface area contributed by atoms with Crippen LogP contribution < -0.4 is 0 Å². The minimum Gasteiger partial charge on any atom is -0.462 e. The van der Waals surface area contributed by atoms with E-state index < -0.39 is 86.4 Å². The van der Waals surface area contributed by atoms with Crippen LogP contribution in [0.25, 0.3) is 79.8 Å². The molecular formula is C41H20F10N4O2. The van der Waals surface area contributed by atoms with Gasteiger partial charge < -0.3 is 14.7 Å². The Balaban J connectivity index is 1.57. The van der Waals surface area contributed by atoms with E-state index in [2.05, 4.69) is 19.9 Å². The minimum atomic E-state index is -2.38. The number of rotatable bonds is 5. The highest BCUT2D eigenvalue weighted by Gasteiger charge is 2.31. The molecule has 0 saturated heterocycles. The van der Waals surface area contributed by atoms with Gasteiger partial charge in [0, 0.05) is 38.8 Å². The van der Waals surface area contributed by atoms with Gasteiger partial charge in [-0.05, 0) is 79.3 Å². The van der Waals surface area contributed by atoms with E-state index in [0.29, 0.717) is 0 Å². The van der Waals surface area contributed by atoms with E-state index in [1.54, 1.807) is 6.92 Å². The fourth-order valence-electron chi connectivity index (χ4n) is 6.63. The van der Waals surface area contributed by atoms with Gasteiger partial charge in [0.25, 0.3) is 0 Å². The summed E-state index contributed by atoms with van der Waals surface area (Å²) in [4.78, 5) is 27.5. The number of nitrogens with zero attached hydrogens (tertiary/aromatic N) is 2.